The van der Waals surface area contributed by atoms with Gasteiger partial charge in [0.1, 0.15) is 11.3 Å². The van der Waals surface area contributed by atoms with Gasteiger partial charge in [-0.25, -0.2) is 13.6 Å². The van der Waals surface area contributed by atoms with Crippen LogP contribution in [0.25, 0.3) is 11.1 Å². The average molecular weight is 578 g/mol. The second-order valence-electron chi connectivity index (χ2n) is 10.4. The van der Waals surface area contributed by atoms with E-state index in [9.17, 15) is 31.9 Å². The van der Waals surface area contributed by atoms with Gasteiger partial charge in [0, 0.05) is 56.2 Å². The van der Waals surface area contributed by atoms with Crippen LogP contribution in [0.5, 0.6) is 0 Å². The summed E-state index contributed by atoms with van der Waals surface area (Å²) in [6, 6.07) is 10.7. The number of anilines is 2. The van der Waals surface area contributed by atoms with E-state index in [1.807, 2.05) is 24.3 Å². The van der Waals surface area contributed by atoms with Gasteiger partial charge >= 0.3 is 12.1 Å². The Morgan fingerprint density at radius 3 is 2.34 bits per heavy atom. The number of carboxylic acid groups (broad SMARTS) is 1. The van der Waals surface area contributed by atoms with Crippen LogP contribution in [-0.2, 0) is 6.18 Å². The molecule has 5 rings (SSSR count). The van der Waals surface area contributed by atoms with Crippen LogP contribution in [0.2, 0.25) is 0 Å². The zero-order chi connectivity index (χ0) is 29.3. The van der Waals surface area contributed by atoms with Crippen molar-refractivity contribution >= 4 is 17.3 Å². The Morgan fingerprint density at radius 1 is 1.02 bits per heavy atom. The number of hydrogen-bond donors (Lipinski definition) is 1. The summed E-state index contributed by atoms with van der Waals surface area (Å²) in [4.78, 5) is 17.9. The van der Waals surface area contributed by atoms with Crippen LogP contribution in [0.15, 0.2) is 48.7 Å². The zero-order valence-electron chi connectivity index (χ0n) is 22.6. The Hall–Kier alpha value is -3.67. The predicted molar refractivity (Wildman–Crippen MR) is 146 cm³/mol. The highest BCUT2D eigenvalue weighted by atomic mass is 19.4. The number of piperazine rings is 1. The number of rotatable bonds is 7. The second-order valence-corrected chi connectivity index (χ2v) is 10.4. The summed E-state index contributed by atoms with van der Waals surface area (Å²) in [6.07, 6.45) is -5.78. The van der Waals surface area contributed by atoms with Crippen molar-refractivity contribution in [3.05, 3.63) is 65.5 Å². The maximum absolute atomic E-state index is 13.9. The van der Waals surface area contributed by atoms with Crippen molar-refractivity contribution in [1.82, 2.24) is 14.7 Å². The number of hydrogen-bond acceptors (Lipinski definition) is 5. The van der Waals surface area contributed by atoms with Crippen LogP contribution in [0.4, 0.5) is 33.3 Å². The number of piperidine rings is 1. The van der Waals surface area contributed by atoms with Gasteiger partial charge in [0.05, 0.1) is 17.8 Å². The number of likely N-dealkylation sites (N-methyl/N-ethyl adjacent to an activating group) is 1. The quantitative estimate of drug-likeness (QED) is 0.338. The van der Waals surface area contributed by atoms with Crippen molar-refractivity contribution in [3.8, 4) is 11.1 Å². The van der Waals surface area contributed by atoms with Crippen molar-refractivity contribution < 1.29 is 31.9 Å². The highest BCUT2D eigenvalue weighted by Crippen LogP contribution is 2.40. The van der Waals surface area contributed by atoms with E-state index in [-0.39, 0.29) is 6.54 Å². The third-order valence-electron chi connectivity index (χ3n) is 8.04. The van der Waals surface area contributed by atoms with E-state index >= 15 is 0 Å². The molecule has 0 aliphatic carbocycles. The third kappa shape index (κ3) is 6.02. The van der Waals surface area contributed by atoms with Crippen LogP contribution in [-0.4, -0.2) is 71.6 Å². The van der Waals surface area contributed by atoms with Gasteiger partial charge in [-0.15, -0.1) is 0 Å². The summed E-state index contributed by atoms with van der Waals surface area (Å²) >= 11 is 0. The zero-order valence-corrected chi connectivity index (χ0v) is 22.6. The summed E-state index contributed by atoms with van der Waals surface area (Å²) in [7, 11) is 0. The molecule has 0 saturated carbocycles. The first-order valence-corrected chi connectivity index (χ1v) is 13.7. The van der Waals surface area contributed by atoms with Gasteiger partial charge in [0.2, 0.25) is 0 Å². The molecule has 2 aromatic carbocycles. The molecule has 12 heteroatoms. The number of carboxylic acids is 1. The summed E-state index contributed by atoms with van der Waals surface area (Å²) in [6.45, 7) is 7.39. The van der Waals surface area contributed by atoms with Crippen LogP contribution in [0.3, 0.4) is 0 Å². The molecule has 1 unspecified atom stereocenters. The highest BCUT2D eigenvalue weighted by Gasteiger charge is 2.34. The van der Waals surface area contributed by atoms with Gasteiger partial charge in [-0.3, -0.25) is 4.68 Å². The average Bonchev–Trinajstić information content (AvgIpc) is 3.43. The van der Waals surface area contributed by atoms with E-state index in [1.54, 1.807) is 4.90 Å². The molecule has 3 aromatic rings. The minimum atomic E-state index is -4.56. The van der Waals surface area contributed by atoms with E-state index in [0.29, 0.717) is 30.6 Å². The van der Waals surface area contributed by atoms with E-state index in [4.69, 9.17) is 0 Å². The fourth-order valence-electron chi connectivity index (χ4n) is 5.81. The molecular formula is C29H32F5N5O2. The van der Waals surface area contributed by atoms with Crippen LogP contribution < -0.4 is 9.80 Å². The summed E-state index contributed by atoms with van der Waals surface area (Å²) in [5.74, 6) is -1.50. The maximum Gasteiger partial charge on any atom is 0.416 e. The molecule has 41 heavy (non-hydrogen) atoms. The highest BCUT2D eigenvalue weighted by molar-refractivity contribution is 5.88. The molecule has 0 spiro atoms. The second kappa shape index (κ2) is 11.7. The number of halogens is 5. The number of benzene rings is 2. The van der Waals surface area contributed by atoms with Crippen molar-refractivity contribution in [1.29, 1.82) is 0 Å². The van der Waals surface area contributed by atoms with Crippen molar-refractivity contribution in [2.24, 2.45) is 0 Å². The molecule has 2 saturated heterocycles. The SMILES string of the molecule is CCN1CCN(c2ccc(-c3ccc(C(F)(F)F)cc3N3CCCC(n4ncc(C(=O)O)c4C(F)F)C3)cc2)CC1. The van der Waals surface area contributed by atoms with Crippen molar-refractivity contribution in [3.63, 3.8) is 0 Å². The van der Waals surface area contributed by atoms with E-state index in [0.717, 1.165) is 67.0 Å². The molecule has 1 atom stereocenters. The van der Waals surface area contributed by atoms with E-state index in [1.165, 1.54) is 6.07 Å². The normalized spacial score (nSPS) is 18.8. The van der Waals surface area contributed by atoms with Crippen molar-refractivity contribution in [2.75, 3.05) is 55.6 Å². The minimum Gasteiger partial charge on any atom is -0.478 e. The first kappa shape index (κ1) is 28.8. The number of alkyl halides is 5. The summed E-state index contributed by atoms with van der Waals surface area (Å²) in [5.41, 5.74) is 0.664. The van der Waals surface area contributed by atoms with Gasteiger partial charge in [-0.05, 0) is 49.2 Å². The summed E-state index contributed by atoms with van der Waals surface area (Å²) in [5, 5.41) is 13.3. The smallest absolute Gasteiger partial charge is 0.416 e. The fraction of sp³-hybridized carbons (Fsp3) is 0.448. The van der Waals surface area contributed by atoms with Gasteiger partial charge in [0.25, 0.3) is 6.43 Å². The number of carbonyl (C=O) groups is 1. The lowest BCUT2D eigenvalue weighted by Gasteiger charge is -2.37. The van der Waals surface area contributed by atoms with Gasteiger partial charge in [0.15, 0.2) is 0 Å². The molecule has 3 heterocycles. The molecule has 2 aliphatic rings. The predicted octanol–water partition coefficient (Wildman–Crippen LogP) is 6.19. The van der Waals surface area contributed by atoms with Crippen LogP contribution in [0.1, 0.15) is 53.8 Å². The Bertz CT molecular complexity index is 1370. The molecule has 2 fully saturated rings. The number of aromatic carboxylic acids is 1. The standard InChI is InChI=1S/C29H32F5N5O2/c1-2-36-12-14-37(15-13-36)21-8-5-19(6-9-21)23-10-7-20(29(32,33)34)16-25(23)38-11-3-4-22(18-38)39-26(27(30)31)24(17-35-39)28(40)41/h5-10,16-17,22,27H,2-4,11-15,18H2,1H3,(H,40,41). The van der Waals surface area contributed by atoms with Gasteiger partial charge in [-0.2, -0.15) is 18.3 Å². The Kier molecular flexibility index (Phi) is 8.21. The molecule has 0 amide bonds. The largest absolute Gasteiger partial charge is 0.478 e. The Morgan fingerprint density at radius 2 is 1.73 bits per heavy atom. The van der Waals surface area contributed by atoms with Gasteiger partial charge < -0.3 is 19.8 Å². The third-order valence-corrected chi connectivity index (χ3v) is 8.04. The molecule has 0 radical (unpaired) electrons. The number of aromatic nitrogens is 2. The monoisotopic (exact) mass is 577 g/mol. The Labute approximate surface area is 234 Å². The maximum atomic E-state index is 13.9. The fourth-order valence-corrected chi connectivity index (χ4v) is 5.81. The number of nitrogens with zero attached hydrogens (tertiary/aromatic N) is 5. The summed E-state index contributed by atoms with van der Waals surface area (Å²) < 4.78 is 70.0. The van der Waals surface area contributed by atoms with E-state index in [2.05, 4.69) is 21.8 Å². The molecule has 7 nitrogen and oxygen atoms in total. The first-order chi connectivity index (χ1) is 19.6. The van der Waals surface area contributed by atoms with E-state index < -0.39 is 41.4 Å². The molecule has 1 aromatic heterocycles. The Balaban J connectivity index is 1.46. The minimum absolute atomic E-state index is 0.106. The molecule has 2 aliphatic heterocycles. The molecule has 220 valence electrons. The van der Waals surface area contributed by atoms with Crippen LogP contribution in [0, 0.1) is 0 Å². The lowest BCUT2D eigenvalue weighted by atomic mass is 9.97. The molecular weight excluding hydrogens is 545 g/mol. The van der Waals surface area contributed by atoms with Gasteiger partial charge in [-0.1, -0.05) is 25.1 Å². The van der Waals surface area contributed by atoms with Crippen molar-refractivity contribution in [2.45, 2.75) is 38.4 Å². The lowest BCUT2D eigenvalue weighted by Crippen LogP contribution is -2.46. The van der Waals surface area contributed by atoms with Crippen LogP contribution >= 0.6 is 0 Å². The first-order valence-electron chi connectivity index (χ1n) is 13.7. The lowest BCUT2D eigenvalue weighted by molar-refractivity contribution is -0.137. The topological polar surface area (TPSA) is 64.8 Å². The molecule has 0 bridgehead atoms. The molecule has 1 N–H and O–H groups in total.